The lowest BCUT2D eigenvalue weighted by molar-refractivity contribution is -0.495. The normalized spacial score (nSPS) is 29.1. The summed E-state index contributed by atoms with van der Waals surface area (Å²) in [5, 5.41) is 10.3. The SMILES string of the molecule is CCOC(C)=O.O=[N+]([O-])CC1C[C@@H]2CCCC[C@H]12. The van der Waals surface area contributed by atoms with E-state index < -0.39 is 0 Å². The topological polar surface area (TPSA) is 69.4 Å². The van der Waals surface area contributed by atoms with Crippen LogP contribution in [0.15, 0.2) is 0 Å². The molecular formula is C13H23NO4. The van der Waals surface area contributed by atoms with Gasteiger partial charge in [-0.2, -0.15) is 0 Å². The molecule has 0 radical (unpaired) electrons. The number of esters is 1. The molecule has 2 fully saturated rings. The molecule has 3 atom stereocenters. The number of carbonyl (C=O) groups is 1. The highest BCUT2D eigenvalue weighted by atomic mass is 16.6. The summed E-state index contributed by atoms with van der Waals surface area (Å²) in [6, 6.07) is 0. The Morgan fingerprint density at radius 1 is 1.39 bits per heavy atom. The molecule has 0 bridgehead atoms. The molecule has 2 aliphatic carbocycles. The van der Waals surface area contributed by atoms with Crippen molar-refractivity contribution in [1.29, 1.82) is 0 Å². The molecule has 0 N–H and O–H groups in total. The fourth-order valence-electron chi connectivity index (χ4n) is 3.12. The van der Waals surface area contributed by atoms with Crippen molar-refractivity contribution in [3.8, 4) is 0 Å². The molecule has 1 unspecified atom stereocenters. The highest BCUT2D eigenvalue weighted by Crippen LogP contribution is 2.49. The van der Waals surface area contributed by atoms with E-state index in [-0.39, 0.29) is 17.4 Å². The Bertz CT molecular complexity index is 293. The number of nitrogens with zero attached hydrogens (tertiary/aromatic N) is 1. The zero-order valence-electron chi connectivity index (χ0n) is 11.3. The minimum atomic E-state index is -0.211. The van der Waals surface area contributed by atoms with Gasteiger partial charge < -0.3 is 4.74 Å². The van der Waals surface area contributed by atoms with Crippen molar-refractivity contribution in [2.24, 2.45) is 17.8 Å². The van der Waals surface area contributed by atoms with Crippen LogP contribution >= 0.6 is 0 Å². The van der Waals surface area contributed by atoms with E-state index in [1.165, 1.54) is 32.6 Å². The lowest BCUT2D eigenvalue weighted by Crippen LogP contribution is -2.42. The van der Waals surface area contributed by atoms with E-state index in [1.807, 2.05) is 0 Å². The van der Waals surface area contributed by atoms with E-state index in [0.29, 0.717) is 18.4 Å². The molecule has 0 amide bonds. The number of carbonyl (C=O) groups excluding carboxylic acids is 1. The Balaban J connectivity index is 0.000000232. The number of hydrogen-bond donors (Lipinski definition) is 0. The van der Waals surface area contributed by atoms with Crippen LogP contribution in [-0.4, -0.2) is 24.0 Å². The number of nitro groups is 1. The van der Waals surface area contributed by atoms with Crippen LogP contribution in [0.4, 0.5) is 0 Å². The van der Waals surface area contributed by atoms with Gasteiger partial charge in [0.2, 0.25) is 6.54 Å². The van der Waals surface area contributed by atoms with Gasteiger partial charge in [-0.15, -0.1) is 0 Å². The standard InChI is InChI=1S/C9H15NO2.C4H8O2/c11-10(12)6-8-5-7-3-1-2-4-9(7)8;1-3-6-4(2)5/h7-9H,1-6H2;3H2,1-2H3/t7-,8?,9-;/m0./s1. The predicted octanol–water partition coefficient (Wildman–Crippen LogP) is 2.66. The van der Waals surface area contributed by atoms with Crippen molar-refractivity contribution in [3.05, 3.63) is 10.1 Å². The van der Waals surface area contributed by atoms with E-state index >= 15 is 0 Å². The van der Waals surface area contributed by atoms with Crippen LogP contribution in [0, 0.1) is 27.9 Å². The van der Waals surface area contributed by atoms with Crippen molar-refractivity contribution in [3.63, 3.8) is 0 Å². The van der Waals surface area contributed by atoms with Gasteiger partial charge >= 0.3 is 5.97 Å². The van der Waals surface area contributed by atoms with Crippen LogP contribution < -0.4 is 0 Å². The summed E-state index contributed by atoms with van der Waals surface area (Å²) in [6.07, 6.45) is 6.37. The summed E-state index contributed by atoms with van der Waals surface area (Å²) in [5.74, 6) is 1.77. The van der Waals surface area contributed by atoms with Gasteiger partial charge in [0.05, 0.1) is 6.61 Å². The third kappa shape index (κ3) is 4.63. The fourth-order valence-corrected chi connectivity index (χ4v) is 3.12. The van der Waals surface area contributed by atoms with Crippen molar-refractivity contribution in [1.82, 2.24) is 0 Å². The molecule has 0 saturated heterocycles. The fraction of sp³-hybridized carbons (Fsp3) is 0.923. The lowest BCUT2D eigenvalue weighted by atomic mass is 9.59. The van der Waals surface area contributed by atoms with Gasteiger partial charge in [0.15, 0.2) is 0 Å². The first-order valence-electron chi connectivity index (χ1n) is 6.79. The summed E-state index contributed by atoms with van der Waals surface area (Å²) in [7, 11) is 0. The predicted molar refractivity (Wildman–Crippen MR) is 67.7 cm³/mol. The molecule has 2 aliphatic rings. The third-order valence-corrected chi connectivity index (χ3v) is 3.91. The molecular weight excluding hydrogens is 234 g/mol. The summed E-state index contributed by atoms with van der Waals surface area (Å²) < 4.78 is 4.40. The Morgan fingerprint density at radius 3 is 2.50 bits per heavy atom. The van der Waals surface area contributed by atoms with Gasteiger partial charge in [-0.05, 0) is 31.6 Å². The molecule has 5 nitrogen and oxygen atoms in total. The second-order valence-electron chi connectivity index (χ2n) is 5.14. The lowest BCUT2D eigenvalue weighted by Gasteiger charge is -2.46. The molecule has 2 rings (SSSR count). The summed E-state index contributed by atoms with van der Waals surface area (Å²) in [5.41, 5.74) is 0. The number of ether oxygens (including phenoxy) is 1. The average molecular weight is 257 g/mol. The first-order valence-corrected chi connectivity index (χ1v) is 6.79. The smallest absolute Gasteiger partial charge is 0.302 e. The Morgan fingerprint density at radius 2 is 2.06 bits per heavy atom. The second-order valence-corrected chi connectivity index (χ2v) is 5.14. The molecule has 5 heteroatoms. The van der Waals surface area contributed by atoms with Crippen LogP contribution in [0.2, 0.25) is 0 Å². The molecule has 0 heterocycles. The van der Waals surface area contributed by atoms with Crippen LogP contribution in [0.3, 0.4) is 0 Å². The zero-order valence-corrected chi connectivity index (χ0v) is 11.3. The Hall–Kier alpha value is -1.13. The molecule has 0 aromatic carbocycles. The zero-order chi connectivity index (χ0) is 13.5. The summed E-state index contributed by atoms with van der Waals surface area (Å²) >= 11 is 0. The molecule has 0 aromatic heterocycles. The van der Waals surface area contributed by atoms with Crippen LogP contribution in [0.5, 0.6) is 0 Å². The van der Waals surface area contributed by atoms with Crippen molar-refractivity contribution >= 4 is 5.97 Å². The molecule has 104 valence electrons. The Labute approximate surface area is 108 Å². The molecule has 0 aliphatic heterocycles. The average Bonchev–Trinajstić information content (AvgIpc) is 2.26. The minimum absolute atomic E-state index is 0.143. The molecule has 0 spiro atoms. The van der Waals surface area contributed by atoms with Gasteiger partial charge in [0.25, 0.3) is 0 Å². The summed E-state index contributed by atoms with van der Waals surface area (Å²) in [4.78, 5) is 20.0. The van der Waals surface area contributed by atoms with Crippen LogP contribution in [0.25, 0.3) is 0 Å². The van der Waals surface area contributed by atoms with E-state index in [1.54, 1.807) is 6.92 Å². The molecule has 18 heavy (non-hydrogen) atoms. The number of hydrogen-bond acceptors (Lipinski definition) is 4. The highest BCUT2D eigenvalue weighted by Gasteiger charge is 2.44. The van der Waals surface area contributed by atoms with Gasteiger partial charge in [0.1, 0.15) is 0 Å². The highest BCUT2D eigenvalue weighted by molar-refractivity contribution is 5.65. The van der Waals surface area contributed by atoms with Crippen molar-refractivity contribution in [2.75, 3.05) is 13.2 Å². The van der Waals surface area contributed by atoms with Crippen molar-refractivity contribution < 1.29 is 14.5 Å². The quantitative estimate of drug-likeness (QED) is 0.443. The molecule has 0 aromatic rings. The van der Waals surface area contributed by atoms with Crippen LogP contribution in [-0.2, 0) is 9.53 Å². The first-order chi connectivity index (χ1) is 8.54. The van der Waals surface area contributed by atoms with Gasteiger partial charge in [-0.3, -0.25) is 14.9 Å². The Kier molecular flexibility index (Phi) is 6.09. The largest absolute Gasteiger partial charge is 0.466 e. The van der Waals surface area contributed by atoms with E-state index in [9.17, 15) is 14.9 Å². The molecule has 2 saturated carbocycles. The van der Waals surface area contributed by atoms with Crippen molar-refractivity contribution in [2.45, 2.75) is 46.0 Å². The maximum Gasteiger partial charge on any atom is 0.302 e. The third-order valence-electron chi connectivity index (χ3n) is 3.91. The summed E-state index contributed by atoms with van der Waals surface area (Å²) in [6.45, 7) is 3.88. The first kappa shape index (κ1) is 14.9. The number of rotatable bonds is 3. The van der Waals surface area contributed by atoms with Gasteiger partial charge in [-0.1, -0.05) is 19.3 Å². The van der Waals surface area contributed by atoms with Crippen LogP contribution in [0.1, 0.15) is 46.0 Å². The maximum atomic E-state index is 10.3. The maximum absolute atomic E-state index is 10.3. The van der Waals surface area contributed by atoms with E-state index in [2.05, 4.69) is 4.74 Å². The van der Waals surface area contributed by atoms with E-state index in [0.717, 1.165) is 12.3 Å². The monoisotopic (exact) mass is 257 g/mol. The minimum Gasteiger partial charge on any atom is -0.466 e. The van der Waals surface area contributed by atoms with Gasteiger partial charge in [-0.25, -0.2) is 0 Å². The van der Waals surface area contributed by atoms with Gasteiger partial charge in [0, 0.05) is 17.8 Å². The number of fused-ring (bicyclic) bond motifs is 1. The second kappa shape index (κ2) is 7.34. The van der Waals surface area contributed by atoms with E-state index in [4.69, 9.17) is 0 Å².